The highest BCUT2D eigenvalue weighted by Crippen LogP contribution is 2.38. The molecule has 3 nitrogen and oxygen atoms in total. The molecule has 7 aromatic rings. The highest BCUT2D eigenvalue weighted by atomic mass is 16.3. The molecule has 0 radical (unpaired) electrons. The Morgan fingerprint density at radius 1 is 0.714 bits per heavy atom. The van der Waals surface area contributed by atoms with Gasteiger partial charge in [-0.2, -0.15) is 9.13 Å². The van der Waals surface area contributed by atoms with Crippen LogP contribution in [0, 0.1) is 0 Å². The zero-order valence-electron chi connectivity index (χ0n) is 29.5. The van der Waals surface area contributed by atoms with E-state index in [9.17, 15) is 0 Å². The molecule has 49 heavy (non-hydrogen) atoms. The largest absolute Gasteiger partial charge is 0.455 e. The highest BCUT2D eigenvalue weighted by Gasteiger charge is 2.26. The fourth-order valence-corrected chi connectivity index (χ4v) is 7.03. The van der Waals surface area contributed by atoms with E-state index in [1.165, 1.54) is 50.3 Å². The number of aromatic nitrogens is 2. The van der Waals surface area contributed by atoms with Gasteiger partial charge in [0, 0.05) is 41.5 Å². The molecule has 7 rings (SSSR count). The summed E-state index contributed by atoms with van der Waals surface area (Å²) >= 11 is 0. The lowest BCUT2D eigenvalue weighted by Crippen LogP contribution is -2.38. The molecular weight excluding hydrogens is 597 g/mol. The van der Waals surface area contributed by atoms with Crippen molar-refractivity contribution in [3.63, 3.8) is 0 Å². The third-order valence-electron chi connectivity index (χ3n) is 9.92. The molecular formula is C46H46N2O+2. The fourth-order valence-electron chi connectivity index (χ4n) is 7.03. The summed E-state index contributed by atoms with van der Waals surface area (Å²) in [6, 6.07) is 39.6. The summed E-state index contributed by atoms with van der Waals surface area (Å²) in [5.41, 5.74) is 14.1. The van der Waals surface area contributed by atoms with E-state index in [2.05, 4.69) is 172 Å². The Bertz CT molecular complexity index is 2300. The third-order valence-corrected chi connectivity index (χ3v) is 9.92. The summed E-state index contributed by atoms with van der Waals surface area (Å²) in [7, 11) is 0. The van der Waals surface area contributed by atoms with E-state index in [1.807, 2.05) is 6.08 Å². The number of nitrogens with zero attached hydrogens (tertiary/aromatic N) is 2. The molecule has 0 aliphatic rings. The zero-order chi connectivity index (χ0) is 34.1. The Morgan fingerprint density at radius 2 is 1.49 bits per heavy atom. The average Bonchev–Trinajstić information content (AvgIpc) is 3.52. The summed E-state index contributed by atoms with van der Waals surface area (Å²) < 4.78 is 11.5. The number of fused-ring (bicyclic) bond motifs is 3. The number of pyridine rings is 2. The number of benzene rings is 4. The number of para-hydroxylation sites is 1. The second-order valence-corrected chi connectivity index (χ2v) is 14.0. The van der Waals surface area contributed by atoms with Gasteiger partial charge in [0.1, 0.15) is 17.7 Å². The van der Waals surface area contributed by atoms with Gasteiger partial charge in [0.15, 0.2) is 18.9 Å². The van der Waals surface area contributed by atoms with Crippen molar-refractivity contribution < 1.29 is 13.6 Å². The van der Waals surface area contributed by atoms with Crippen LogP contribution >= 0.6 is 0 Å². The van der Waals surface area contributed by atoms with Gasteiger partial charge in [0.05, 0.1) is 11.1 Å². The molecule has 0 spiro atoms. The summed E-state index contributed by atoms with van der Waals surface area (Å²) in [6.07, 6.45) is 8.32. The molecule has 0 atom stereocenters. The molecule has 244 valence electrons. The van der Waals surface area contributed by atoms with Crippen molar-refractivity contribution in [1.82, 2.24) is 0 Å². The lowest BCUT2D eigenvalue weighted by Gasteiger charge is -2.20. The Balaban J connectivity index is 1.39. The molecule has 3 heteroatoms. The lowest BCUT2D eigenvalue weighted by molar-refractivity contribution is -0.686. The van der Waals surface area contributed by atoms with Crippen molar-refractivity contribution in [2.45, 2.75) is 66.0 Å². The van der Waals surface area contributed by atoms with Crippen LogP contribution in [-0.4, -0.2) is 0 Å². The van der Waals surface area contributed by atoms with Crippen LogP contribution in [0.5, 0.6) is 0 Å². The van der Waals surface area contributed by atoms with E-state index >= 15 is 0 Å². The molecule has 0 amide bonds. The van der Waals surface area contributed by atoms with Crippen LogP contribution < -0.4 is 9.13 Å². The Hall–Kier alpha value is -5.28. The van der Waals surface area contributed by atoms with Gasteiger partial charge in [-0.1, -0.05) is 113 Å². The Kier molecular flexibility index (Phi) is 8.77. The van der Waals surface area contributed by atoms with Gasteiger partial charge in [-0.3, -0.25) is 0 Å². The number of hydrogen-bond acceptors (Lipinski definition) is 1. The normalized spacial score (nSPS) is 11.8. The van der Waals surface area contributed by atoms with E-state index in [0.29, 0.717) is 0 Å². The first-order chi connectivity index (χ1) is 23.8. The molecule has 0 saturated carbocycles. The highest BCUT2D eigenvalue weighted by molar-refractivity contribution is 6.09. The van der Waals surface area contributed by atoms with E-state index in [-0.39, 0.29) is 5.41 Å². The standard InChI is InChI=1S/C46H46N2O/c1-7-32-23-26-47(9-3)42(29-32)44-35(21-22-39-38-17-13-14-18-43(38)49-45(39)44)24-27-48-28-25-37(46(4,5)6)31-41(48)40-30-36(20-19-33(40)8-2)34-15-11-10-12-16-34/h8,10-23,25-26,28-31H,2,7,9,24,27H2,1,3-6H3/q+2. The Labute approximate surface area is 290 Å². The zero-order valence-corrected chi connectivity index (χ0v) is 29.5. The lowest BCUT2D eigenvalue weighted by atomic mass is 9.86. The number of furan rings is 1. The molecule has 0 aliphatic heterocycles. The van der Waals surface area contributed by atoms with Crippen LogP contribution in [-0.2, 0) is 31.3 Å². The topological polar surface area (TPSA) is 20.9 Å². The van der Waals surface area contributed by atoms with Crippen LogP contribution in [0.3, 0.4) is 0 Å². The predicted molar refractivity (Wildman–Crippen MR) is 204 cm³/mol. The quantitative estimate of drug-likeness (QED) is 0.144. The molecule has 3 heterocycles. The van der Waals surface area contributed by atoms with Crippen molar-refractivity contribution in [1.29, 1.82) is 0 Å². The van der Waals surface area contributed by atoms with Crippen molar-refractivity contribution in [3.05, 3.63) is 150 Å². The summed E-state index contributed by atoms with van der Waals surface area (Å²) in [4.78, 5) is 0. The molecule has 3 aromatic heterocycles. The van der Waals surface area contributed by atoms with E-state index in [4.69, 9.17) is 4.42 Å². The minimum absolute atomic E-state index is 0.0107. The third kappa shape index (κ3) is 6.22. The molecule has 0 N–H and O–H groups in total. The maximum absolute atomic E-state index is 6.70. The number of rotatable bonds is 9. The second-order valence-electron chi connectivity index (χ2n) is 14.0. The van der Waals surface area contributed by atoms with Crippen LogP contribution in [0.15, 0.2) is 133 Å². The van der Waals surface area contributed by atoms with Crippen LogP contribution in [0.1, 0.15) is 56.9 Å². The number of hydrogen-bond donors (Lipinski definition) is 0. The maximum atomic E-state index is 6.70. The molecule has 0 fully saturated rings. The minimum atomic E-state index is 0.0107. The first-order valence-electron chi connectivity index (χ1n) is 17.6. The maximum Gasteiger partial charge on any atom is 0.216 e. The van der Waals surface area contributed by atoms with Gasteiger partial charge in [-0.15, -0.1) is 0 Å². The van der Waals surface area contributed by atoms with Gasteiger partial charge in [0.2, 0.25) is 11.4 Å². The van der Waals surface area contributed by atoms with Gasteiger partial charge in [-0.05, 0) is 64.3 Å². The van der Waals surface area contributed by atoms with Gasteiger partial charge >= 0.3 is 0 Å². The van der Waals surface area contributed by atoms with Crippen molar-refractivity contribution in [3.8, 4) is 33.6 Å². The first-order valence-corrected chi connectivity index (χ1v) is 17.6. The van der Waals surface area contributed by atoms with Gasteiger partial charge in [0.25, 0.3) is 0 Å². The predicted octanol–water partition coefficient (Wildman–Crippen LogP) is 10.9. The Morgan fingerprint density at radius 3 is 2.24 bits per heavy atom. The van der Waals surface area contributed by atoms with E-state index in [1.54, 1.807) is 0 Å². The molecule has 4 aromatic carbocycles. The van der Waals surface area contributed by atoms with E-state index < -0.39 is 0 Å². The molecule has 0 aliphatic carbocycles. The van der Waals surface area contributed by atoms with Gasteiger partial charge in [-0.25, -0.2) is 0 Å². The van der Waals surface area contributed by atoms with Crippen LogP contribution in [0.4, 0.5) is 0 Å². The van der Waals surface area contributed by atoms with Gasteiger partial charge < -0.3 is 4.42 Å². The molecule has 0 bridgehead atoms. The van der Waals surface area contributed by atoms with Crippen molar-refractivity contribution in [2.24, 2.45) is 0 Å². The minimum Gasteiger partial charge on any atom is -0.455 e. The monoisotopic (exact) mass is 642 g/mol. The smallest absolute Gasteiger partial charge is 0.216 e. The second kappa shape index (κ2) is 13.3. The number of aryl methyl sites for hydroxylation is 4. The SMILES string of the molecule is C=Cc1ccc(-c2ccccc2)cc1-c1cc(C(C)(C)C)cc[n+]1CCc1ccc2c(oc3ccccc32)c1-c1cc(CC)cc[n+]1CC. The molecule has 0 saturated heterocycles. The van der Waals surface area contributed by atoms with Crippen LogP contribution in [0.25, 0.3) is 61.7 Å². The van der Waals surface area contributed by atoms with Crippen molar-refractivity contribution >= 4 is 28.0 Å². The summed E-state index contributed by atoms with van der Waals surface area (Å²) in [5.74, 6) is 0. The van der Waals surface area contributed by atoms with Crippen molar-refractivity contribution in [2.75, 3.05) is 0 Å². The summed E-state index contributed by atoms with van der Waals surface area (Å²) in [6.45, 7) is 17.2. The first kappa shape index (κ1) is 32.3. The summed E-state index contributed by atoms with van der Waals surface area (Å²) in [5, 5.41) is 2.32. The van der Waals surface area contributed by atoms with E-state index in [0.717, 1.165) is 53.4 Å². The fraction of sp³-hybridized carbons (Fsp3) is 0.217. The molecule has 0 unspecified atom stereocenters. The average molecular weight is 643 g/mol. The van der Waals surface area contributed by atoms with Crippen LogP contribution in [0.2, 0.25) is 0 Å².